The lowest BCUT2D eigenvalue weighted by atomic mass is 10.0. The number of morpholine rings is 1. The van der Waals surface area contributed by atoms with Crippen LogP contribution in [-0.2, 0) is 10.9 Å². The van der Waals surface area contributed by atoms with E-state index < -0.39 is 11.7 Å². The number of halogens is 3. The molecule has 0 radical (unpaired) electrons. The Morgan fingerprint density at radius 3 is 2.74 bits per heavy atom. The molecule has 1 aromatic rings. The number of aliphatic imine (C=N–C) groups is 2. The van der Waals surface area contributed by atoms with Crippen molar-refractivity contribution in [2.45, 2.75) is 19.1 Å². The molecule has 8 nitrogen and oxygen atoms in total. The Hall–Kier alpha value is -3.34. The number of ether oxygens (including phenoxy) is 1. The van der Waals surface area contributed by atoms with Gasteiger partial charge in [-0.15, -0.1) is 0 Å². The van der Waals surface area contributed by atoms with Crippen molar-refractivity contribution in [1.29, 1.82) is 0 Å². The topological polar surface area (TPSA) is 100 Å². The first kappa shape index (κ1) is 20.9. The minimum absolute atomic E-state index is 0.174. The summed E-state index contributed by atoms with van der Waals surface area (Å²) in [5, 5.41) is 6.08. The van der Waals surface area contributed by atoms with Gasteiger partial charge in [-0.2, -0.15) is 18.2 Å². The third kappa shape index (κ3) is 4.71. The van der Waals surface area contributed by atoms with Crippen LogP contribution in [0.2, 0.25) is 0 Å². The number of hydrogen-bond acceptors (Lipinski definition) is 8. The number of anilines is 1. The standard InChI is InChI=1S/C20H22F3N7O/c1-12-13(2-3-17(24)26-12)15-10-18(29-19(28-15)30-6-8-31-9-7-30)27-16-11-25-5-4-14(16)20(21,22)23/h2-5,10-12,27H,6-9H2,1H3,(H2,24,26)(H,28,29). The molecule has 1 fully saturated rings. The number of nitrogens with zero attached hydrogens (tertiary/aromatic N) is 4. The average Bonchev–Trinajstić information content (AvgIpc) is 2.74. The number of nitrogens with two attached hydrogens (primary N) is 1. The van der Waals surface area contributed by atoms with Gasteiger partial charge in [-0.1, -0.05) is 6.08 Å². The summed E-state index contributed by atoms with van der Waals surface area (Å²) >= 11 is 0. The first-order valence-corrected chi connectivity index (χ1v) is 9.75. The van der Waals surface area contributed by atoms with Crippen LogP contribution < -0.4 is 16.4 Å². The molecule has 11 heteroatoms. The highest BCUT2D eigenvalue weighted by Crippen LogP contribution is 2.35. The second kappa shape index (κ2) is 8.42. The van der Waals surface area contributed by atoms with Crippen LogP contribution in [0.5, 0.6) is 0 Å². The third-order valence-corrected chi connectivity index (χ3v) is 4.99. The van der Waals surface area contributed by atoms with Gasteiger partial charge in [0.1, 0.15) is 11.7 Å². The predicted octanol–water partition coefficient (Wildman–Crippen LogP) is 2.21. The summed E-state index contributed by atoms with van der Waals surface area (Å²) in [5.74, 6) is 1.20. The monoisotopic (exact) mass is 433 g/mol. The highest BCUT2D eigenvalue weighted by molar-refractivity contribution is 5.93. The molecule has 0 amide bonds. The zero-order chi connectivity index (χ0) is 22.0. The smallest absolute Gasteiger partial charge is 0.384 e. The van der Waals surface area contributed by atoms with E-state index in [1.54, 1.807) is 12.2 Å². The summed E-state index contributed by atoms with van der Waals surface area (Å²) in [6.45, 7) is 4.19. The largest absolute Gasteiger partial charge is 0.418 e. The van der Waals surface area contributed by atoms with Gasteiger partial charge >= 0.3 is 6.18 Å². The van der Waals surface area contributed by atoms with Crippen molar-refractivity contribution in [2.24, 2.45) is 15.7 Å². The maximum atomic E-state index is 13.4. The van der Waals surface area contributed by atoms with Crippen molar-refractivity contribution >= 4 is 17.5 Å². The molecule has 0 saturated carbocycles. The van der Waals surface area contributed by atoms with Gasteiger partial charge in [-0.05, 0) is 19.1 Å². The summed E-state index contributed by atoms with van der Waals surface area (Å²) in [4.78, 5) is 14.7. The number of dihydropyridines is 1. The van der Waals surface area contributed by atoms with Crippen LogP contribution in [0.15, 0.2) is 63.8 Å². The van der Waals surface area contributed by atoms with Crippen LogP contribution in [0.25, 0.3) is 0 Å². The highest BCUT2D eigenvalue weighted by atomic mass is 19.4. The van der Waals surface area contributed by atoms with Gasteiger partial charge < -0.3 is 26.0 Å². The zero-order valence-corrected chi connectivity index (χ0v) is 16.8. The van der Waals surface area contributed by atoms with Crippen molar-refractivity contribution in [2.75, 3.05) is 31.6 Å². The molecule has 4 rings (SSSR count). The molecule has 0 spiro atoms. The van der Waals surface area contributed by atoms with Gasteiger partial charge in [0.2, 0.25) is 5.96 Å². The second-order valence-corrected chi connectivity index (χ2v) is 7.17. The molecule has 164 valence electrons. The van der Waals surface area contributed by atoms with E-state index in [0.29, 0.717) is 43.8 Å². The molecule has 1 atom stereocenters. The minimum Gasteiger partial charge on any atom is -0.384 e. The first-order chi connectivity index (χ1) is 14.8. The Kier molecular flexibility index (Phi) is 5.68. The third-order valence-electron chi connectivity index (χ3n) is 4.99. The van der Waals surface area contributed by atoms with Crippen molar-refractivity contribution in [3.05, 3.63) is 59.3 Å². The lowest BCUT2D eigenvalue weighted by Gasteiger charge is -2.33. The molecular formula is C20H22F3N7O. The molecule has 1 saturated heterocycles. The molecule has 31 heavy (non-hydrogen) atoms. The van der Waals surface area contributed by atoms with Gasteiger partial charge in [0, 0.05) is 36.6 Å². The number of nitrogens with one attached hydrogen (secondary N) is 2. The average molecular weight is 433 g/mol. The number of aromatic nitrogens is 1. The van der Waals surface area contributed by atoms with Gasteiger partial charge in [0.15, 0.2) is 0 Å². The van der Waals surface area contributed by atoms with Crippen LogP contribution in [0.1, 0.15) is 12.5 Å². The molecule has 0 aromatic carbocycles. The zero-order valence-electron chi connectivity index (χ0n) is 16.8. The molecule has 1 aromatic heterocycles. The van der Waals surface area contributed by atoms with E-state index in [4.69, 9.17) is 10.5 Å². The van der Waals surface area contributed by atoms with E-state index in [1.165, 1.54) is 0 Å². The Balaban J connectivity index is 1.72. The van der Waals surface area contributed by atoms with E-state index in [0.717, 1.165) is 24.0 Å². The van der Waals surface area contributed by atoms with E-state index in [1.807, 2.05) is 17.9 Å². The second-order valence-electron chi connectivity index (χ2n) is 7.17. The number of hydrogen-bond donors (Lipinski definition) is 3. The lowest BCUT2D eigenvalue weighted by molar-refractivity contribution is -0.137. The van der Waals surface area contributed by atoms with Crippen molar-refractivity contribution in [3.8, 4) is 0 Å². The Labute approximate surface area is 177 Å². The molecule has 0 bridgehead atoms. The van der Waals surface area contributed by atoms with Gasteiger partial charge in [0.25, 0.3) is 0 Å². The summed E-state index contributed by atoms with van der Waals surface area (Å²) in [6, 6.07) is 0.706. The molecule has 4 N–H and O–H groups in total. The Morgan fingerprint density at radius 1 is 1.26 bits per heavy atom. The van der Waals surface area contributed by atoms with Crippen LogP contribution in [-0.4, -0.2) is 54.0 Å². The summed E-state index contributed by atoms with van der Waals surface area (Å²) in [7, 11) is 0. The summed E-state index contributed by atoms with van der Waals surface area (Å²) < 4.78 is 45.7. The number of pyridine rings is 1. The number of alkyl halides is 3. The molecule has 3 aliphatic rings. The number of amidine groups is 1. The fraction of sp³-hybridized carbons (Fsp3) is 0.350. The van der Waals surface area contributed by atoms with Crippen LogP contribution >= 0.6 is 0 Å². The fourth-order valence-electron chi connectivity index (χ4n) is 3.46. The highest BCUT2D eigenvalue weighted by Gasteiger charge is 2.34. The maximum absolute atomic E-state index is 13.4. The molecule has 1 unspecified atom stereocenters. The molecular weight excluding hydrogens is 411 g/mol. The Bertz CT molecular complexity index is 1000. The first-order valence-electron chi connectivity index (χ1n) is 9.75. The quantitative estimate of drug-likeness (QED) is 0.661. The molecule has 3 aliphatic heterocycles. The summed E-state index contributed by atoms with van der Waals surface area (Å²) in [6.07, 6.45) is 2.91. The van der Waals surface area contributed by atoms with E-state index in [-0.39, 0.29) is 17.6 Å². The van der Waals surface area contributed by atoms with Crippen LogP contribution in [0, 0.1) is 0 Å². The Morgan fingerprint density at radius 2 is 2.03 bits per heavy atom. The normalized spacial score (nSPS) is 24.2. The van der Waals surface area contributed by atoms with Crippen LogP contribution in [0.4, 0.5) is 18.9 Å². The van der Waals surface area contributed by atoms with Gasteiger partial charge in [-0.25, -0.2) is 0 Å². The van der Waals surface area contributed by atoms with Crippen LogP contribution in [0.3, 0.4) is 0 Å². The van der Waals surface area contributed by atoms with E-state index in [2.05, 4.69) is 25.6 Å². The van der Waals surface area contributed by atoms with E-state index >= 15 is 0 Å². The summed E-state index contributed by atoms with van der Waals surface area (Å²) in [5.41, 5.74) is 6.31. The predicted molar refractivity (Wildman–Crippen MR) is 111 cm³/mol. The van der Waals surface area contributed by atoms with Crippen molar-refractivity contribution < 1.29 is 17.9 Å². The number of rotatable bonds is 2. The molecule has 4 heterocycles. The number of allylic oxidation sites excluding steroid dienone is 1. The van der Waals surface area contributed by atoms with Crippen molar-refractivity contribution in [3.63, 3.8) is 0 Å². The van der Waals surface area contributed by atoms with Gasteiger partial charge in [0.05, 0.1) is 36.7 Å². The number of guanidine groups is 1. The fourth-order valence-corrected chi connectivity index (χ4v) is 3.46. The lowest BCUT2D eigenvalue weighted by Crippen LogP contribution is -2.48. The van der Waals surface area contributed by atoms with Gasteiger partial charge in [-0.3, -0.25) is 9.98 Å². The molecule has 0 aliphatic carbocycles. The SMILES string of the molecule is CC1N=C(N)C=CC1=C1C=C(Nc2cnccc2C(F)(F)F)N=C(N2CCOCC2)N1. The van der Waals surface area contributed by atoms with Crippen molar-refractivity contribution in [1.82, 2.24) is 15.2 Å². The minimum atomic E-state index is -4.52. The van der Waals surface area contributed by atoms with E-state index in [9.17, 15) is 13.2 Å². The maximum Gasteiger partial charge on any atom is 0.418 e.